The summed E-state index contributed by atoms with van der Waals surface area (Å²) in [6, 6.07) is 9.29. The number of carbonyl (C=O) groups is 1. The summed E-state index contributed by atoms with van der Waals surface area (Å²) in [6.07, 6.45) is 8.25. The third kappa shape index (κ3) is 4.17. The smallest absolute Gasteiger partial charge is 0.249 e. The average molecular weight is 451 g/mol. The van der Waals surface area contributed by atoms with Crippen LogP contribution in [0, 0.1) is 5.82 Å². The third-order valence-electron chi connectivity index (χ3n) is 7.26. The number of anilines is 1. The number of amides is 1. The van der Waals surface area contributed by atoms with Crippen LogP contribution >= 0.6 is 0 Å². The Balaban J connectivity index is 1.33. The number of primary amides is 1. The molecule has 6 nitrogen and oxygen atoms in total. The van der Waals surface area contributed by atoms with Crippen molar-refractivity contribution in [3.05, 3.63) is 59.0 Å². The third-order valence-corrected chi connectivity index (χ3v) is 7.26. The molecule has 1 aliphatic heterocycles. The summed E-state index contributed by atoms with van der Waals surface area (Å²) in [5.41, 5.74) is 10.1. The van der Waals surface area contributed by atoms with E-state index in [1.54, 1.807) is 18.2 Å². The van der Waals surface area contributed by atoms with Crippen molar-refractivity contribution < 1.29 is 13.9 Å². The van der Waals surface area contributed by atoms with Crippen molar-refractivity contribution in [3.8, 4) is 5.75 Å². The normalized spacial score (nSPS) is 18.1. The highest BCUT2D eigenvalue weighted by atomic mass is 19.1. The van der Waals surface area contributed by atoms with Gasteiger partial charge in [0.1, 0.15) is 18.2 Å². The standard InChI is InChI=1S/C26H31FN4O2/c1-29-24-10-8-20(26(28)32)22-13-19(15-33-25(22)24)31(18-5-2-6-18)11-3-4-16-14-30-23-9-7-17(27)12-21(16)23/h7-10,12,14,18-19,29-30H,2-6,11,13,15H2,1H3,(H2,28,32). The second-order valence-electron chi connectivity index (χ2n) is 9.18. The van der Waals surface area contributed by atoms with Crippen molar-refractivity contribution in [1.29, 1.82) is 0 Å². The van der Waals surface area contributed by atoms with Gasteiger partial charge in [0.05, 0.1) is 5.69 Å². The van der Waals surface area contributed by atoms with Crippen LogP contribution in [0.25, 0.3) is 10.9 Å². The van der Waals surface area contributed by atoms with E-state index in [4.69, 9.17) is 10.5 Å². The van der Waals surface area contributed by atoms with E-state index in [0.717, 1.165) is 59.3 Å². The van der Waals surface area contributed by atoms with E-state index in [0.29, 0.717) is 18.2 Å². The maximum absolute atomic E-state index is 13.7. The number of nitrogens with zero attached hydrogens (tertiary/aromatic N) is 1. The van der Waals surface area contributed by atoms with Crippen molar-refractivity contribution in [1.82, 2.24) is 9.88 Å². The Morgan fingerprint density at radius 1 is 1.27 bits per heavy atom. The molecule has 0 bridgehead atoms. The number of aromatic nitrogens is 1. The molecule has 3 aromatic rings. The van der Waals surface area contributed by atoms with Gasteiger partial charge in [-0.3, -0.25) is 9.69 Å². The van der Waals surface area contributed by atoms with Crippen LogP contribution in [-0.2, 0) is 12.8 Å². The first kappa shape index (κ1) is 21.8. The number of carbonyl (C=O) groups excluding carboxylic acids is 1. The molecule has 2 aliphatic rings. The van der Waals surface area contributed by atoms with Crippen LogP contribution in [0.4, 0.5) is 10.1 Å². The summed E-state index contributed by atoms with van der Waals surface area (Å²) in [5, 5.41) is 4.12. The summed E-state index contributed by atoms with van der Waals surface area (Å²) in [7, 11) is 1.85. The molecule has 7 heteroatoms. The Morgan fingerprint density at radius 2 is 2.12 bits per heavy atom. The number of nitrogens with two attached hydrogens (primary N) is 1. The molecule has 2 heterocycles. The van der Waals surface area contributed by atoms with Gasteiger partial charge in [-0.2, -0.15) is 0 Å². The molecule has 1 aromatic heterocycles. The van der Waals surface area contributed by atoms with Crippen molar-refractivity contribution in [2.24, 2.45) is 5.73 Å². The first-order valence-electron chi connectivity index (χ1n) is 11.8. The van der Waals surface area contributed by atoms with E-state index in [9.17, 15) is 9.18 Å². The fourth-order valence-electron chi connectivity index (χ4n) is 5.30. The average Bonchev–Trinajstić information content (AvgIpc) is 3.17. The maximum atomic E-state index is 13.7. The number of aryl methyl sites for hydroxylation is 1. The quantitative estimate of drug-likeness (QED) is 0.479. The predicted molar refractivity (Wildman–Crippen MR) is 128 cm³/mol. The van der Waals surface area contributed by atoms with Crippen molar-refractivity contribution >= 4 is 22.5 Å². The molecular formula is C26H31FN4O2. The molecule has 1 amide bonds. The summed E-state index contributed by atoms with van der Waals surface area (Å²) < 4.78 is 20.0. The number of fused-ring (bicyclic) bond motifs is 2. The fourth-order valence-corrected chi connectivity index (χ4v) is 5.30. The SMILES string of the molecule is CNc1ccc(C(N)=O)c2c1OCC(N(CCCc1c[nH]c3ccc(F)cc13)C1CCC1)C2. The second-order valence-corrected chi connectivity index (χ2v) is 9.18. The molecule has 4 N–H and O–H groups in total. The lowest BCUT2D eigenvalue weighted by atomic mass is 9.87. The number of hydrogen-bond donors (Lipinski definition) is 3. The molecule has 1 unspecified atom stereocenters. The number of benzene rings is 2. The minimum Gasteiger partial charge on any atom is -0.489 e. The van der Waals surface area contributed by atoms with Crippen LogP contribution in [0.3, 0.4) is 0 Å². The van der Waals surface area contributed by atoms with Gasteiger partial charge in [0.15, 0.2) is 0 Å². The highest BCUT2D eigenvalue weighted by Crippen LogP contribution is 2.38. The Labute approximate surface area is 193 Å². The van der Waals surface area contributed by atoms with Crippen molar-refractivity contribution in [2.75, 3.05) is 25.5 Å². The predicted octanol–water partition coefficient (Wildman–Crippen LogP) is 4.24. The summed E-state index contributed by atoms with van der Waals surface area (Å²) in [5.74, 6) is 0.128. The first-order valence-corrected chi connectivity index (χ1v) is 11.8. The van der Waals surface area contributed by atoms with E-state index < -0.39 is 5.91 Å². The minimum absolute atomic E-state index is 0.202. The van der Waals surface area contributed by atoms with Crippen LogP contribution < -0.4 is 15.8 Å². The molecule has 33 heavy (non-hydrogen) atoms. The van der Waals surface area contributed by atoms with Crippen LogP contribution in [0.1, 0.15) is 47.2 Å². The number of aromatic amines is 1. The number of nitrogens with one attached hydrogen (secondary N) is 2. The van der Waals surface area contributed by atoms with Crippen molar-refractivity contribution in [2.45, 2.75) is 50.6 Å². The zero-order chi connectivity index (χ0) is 22.9. The van der Waals surface area contributed by atoms with Gasteiger partial charge >= 0.3 is 0 Å². The summed E-state index contributed by atoms with van der Waals surface area (Å²) in [6.45, 7) is 1.53. The molecule has 0 saturated heterocycles. The summed E-state index contributed by atoms with van der Waals surface area (Å²) >= 11 is 0. The highest BCUT2D eigenvalue weighted by Gasteiger charge is 2.35. The molecule has 5 rings (SSSR count). The molecule has 1 atom stereocenters. The molecular weight excluding hydrogens is 419 g/mol. The minimum atomic E-state index is -0.417. The molecule has 0 spiro atoms. The van der Waals surface area contributed by atoms with Crippen LogP contribution in [0.15, 0.2) is 36.5 Å². The fraction of sp³-hybridized carbons (Fsp3) is 0.423. The van der Waals surface area contributed by atoms with E-state index in [1.165, 1.54) is 25.3 Å². The Kier molecular flexibility index (Phi) is 5.98. The topological polar surface area (TPSA) is 83.4 Å². The molecule has 174 valence electrons. The molecule has 1 aliphatic carbocycles. The van der Waals surface area contributed by atoms with E-state index in [-0.39, 0.29) is 11.9 Å². The van der Waals surface area contributed by atoms with Gasteiger partial charge in [-0.05, 0) is 74.5 Å². The Bertz CT molecular complexity index is 1170. The van der Waals surface area contributed by atoms with E-state index in [1.807, 2.05) is 19.3 Å². The molecule has 0 radical (unpaired) electrons. The molecule has 1 saturated carbocycles. The van der Waals surface area contributed by atoms with E-state index >= 15 is 0 Å². The Morgan fingerprint density at radius 3 is 2.85 bits per heavy atom. The van der Waals surface area contributed by atoms with Crippen LogP contribution in [-0.4, -0.2) is 48.1 Å². The zero-order valence-corrected chi connectivity index (χ0v) is 19.0. The lowest BCUT2D eigenvalue weighted by Gasteiger charge is -2.44. The lowest BCUT2D eigenvalue weighted by molar-refractivity contribution is 0.0437. The maximum Gasteiger partial charge on any atom is 0.249 e. The van der Waals surface area contributed by atoms with Gasteiger partial charge in [-0.1, -0.05) is 6.42 Å². The lowest BCUT2D eigenvalue weighted by Crippen LogP contribution is -2.51. The second kappa shape index (κ2) is 9.06. The van der Waals surface area contributed by atoms with Gasteiger partial charge < -0.3 is 20.8 Å². The number of hydrogen-bond acceptors (Lipinski definition) is 4. The highest BCUT2D eigenvalue weighted by molar-refractivity contribution is 5.96. The number of H-pyrrole nitrogens is 1. The monoisotopic (exact) mass is 450 g/mol. The van der Waals surface area contributed by atoms with Gasteiger partial charge in [-0.25, -0.2) is 4.39 Å². The number of rotatable bonds is 8. The van der Waals surface area contributed by atoms with E-state index in [2.05, 4.69) is 15.2 Å². The van der Waals surface area contributed by atoms with Gasteiger partial charge in [0, 0.05) is 47.4 Å². The van der Waals surface area contributed by atoms with Crippen LogP contribution in [0.5, 0.6) is 5.75 Å². The molecule has 2 aromatic carbocycles. The number of ether oxygens (including phenoxy) is 1. The molecule has 1 fully saturated rings. The first-order chi connectivity index (χ1) is 16.0. The Hall–Kier alpha value is -3.06. The number of halogens is 1. The van der Waals surface area contributed by atoms with Gasteiger partial charge in [-0.15, -0.1) is 0 Å². The van der Waals surface area contributed by atoms with Gasteiger partial charge in [0.2, 0.25) is 5.91 Å². The largest absolute Gasteiger partial charge is 0.489 e. The summed E-state index contributed by atoms with van der Waals surface area (Å²) in [4.78, 5) is 17.9. The zero-order valence-electron chi connectivity index (χ0n) is 19.0. The van der Waals surface area contributed by atoms with Crippen molar-refractivity contribution in [3.63, 3.8) is 0 Å². The van der Waals surface area contributed by atoms with Crippen LogP contribution in [0.2, 0.25) is 0 Å². The van der Waals surface area contributed by atoms with Gasteiger partial charge in [0.25, 0.3) is 0 Å².